The summed E-state index contributed by atoms with van der Waals surface area (Å²) in [5.41, 5.74) is 2.25. The maximum absolute atomic E-state index is 12.9. The number of benzene rings is 3. The maximum Gasteiger partial charge on any atom is 0.260 e. The molecule has 0 radical (unpaired) electrons. The highest BCUT2D eigenvalue weighted by molar-refractivity contribution is 6.07. The molecule has 0 atom stereocenters. The van der Waals surface area contributed by atoms with Gasteiger partial charge >= 0.3 is 0 Å². The number of para-hydroxylation sites is 2. The number of nitrogens with zero attached hydrogens (tertiary/aromatic N) is 2. The highest BCUT2D eigenvalue weighted by Crippen LogP contribution is 2.33. The van der Waals surface area contributed by atoms with Gasteiger partial charge in [-0.25, -0.2) is 0 Å². The molecule has 32 heavy (non-hydrogen) atoms. The average molecular weight is 431 g/mol. The molecule has 0 unspecified atom stereocenters. The van der Waals surface area contributed by atoms with Crippen molar-refractivity contribution in [3.63, 3.8) is 0 Å². The molecule has 4 rings (SSSR count). The highest BCUT2D eigenvalue weighted by Gasteiger charge is 2.18. The van der Waals surface area contributed by atoms with Crippen LogP contribution in [0.5, 0.6) is 17.2 Å². The van der Waals surface area contributed by atoms with Gasteiger partial charge in [-0.3, -0.25) is 4.79 Å². The van der Waals surface area contributed by atoms with E-state index in [0.29, 0.717) is 45.5 Å². The van der Waals surface area contributed by atoms with Gasteiger partial charge in [0.05, 0.1) is 38.1 Å². The van der Waals surface area contributed by atoms with Crippen LogP contribution in [0.25, 0.3) is 22.8 Å². The molecule has 0 saturated carbocycles. The topological polar surface area (TPSA) is 95.7 Å². The zero-order valence-corrected chi connectivity index (χ0v) is 17.8. The van der Waals surface area contributed by atoms with Gasteiger partial charge in [0.25, 0.3) is 11.8 Å². The second-order valence-electron chi connectivity index (χ2n) is 6.69. The molecule has 0 aliphatic carbocycles. The molecule has 1 amide bonds. The summed E-state index contributed by atoms with van der Waals surface area (Å²) < 4.78 is 21.4. The monoisotopic (exact) mass is 431 g/mol. The molecule has 162 valence electrons. The van der Waals surface area contributed by atoms with Crippen LogP contribution in [-0.2, 0) is 0 Å². The number of rotatable bonds is 7. The maximum atomic E-state index is 12.9. The van der Waals surface area contributed by atoms with Crippen molar-refractivity contribution in [3.05, 3.63) is 72.3 Å². The Kier molecular flexibility index (Phi) is 6.03. The van der Waals surface area contributed by atoms with Gasteiger partial charge < -0.3 is 24.1 Å². The minimum Gasteiger partial charge on any atom is -0.496 e. The van der Waals surface area contributed by atoms with Gasteiger partial charge in [-0.05, 0) is 42.5 Å². The number of hydrogen-bond acceptors (Lipinski definition) is 7. The Balaban J connectivity index is 1.64. The largest absolute Gasteiger partial charge is 0.496 e. The molecule has 8 heteroatoms. The van der Waals surface area contributed by atoms with Crippen molar-refractivity contribution in [2.75, 3.05) is 26.6 Å². The van der Waals surface area contributed by atoms with Crippen molar-refractivity contribution in [2.24, 2.45) is 0 Å². The molecule has 8 nitrogen and oxygen atoms in total. The third-order valence-electron chi connectivity index (χ3n) is 4.83. The highest BCUT2D eigenvalue weighted by atomic mass is 16.5. The number of carbonyl (C=O) groups excluding carboxylic acids is 1. The second-order valence-corrected chi connectivity index (χ2v) is 6.69. The molecule has 0 saturated heterocycles. The third kappa shape index (κ3) is 4.11. The van der Waals surface area contributed by atoms with E-state index in [0.717, 1.165) is 0 Å². The molecule has 0 spiro atoms. The fraction of sp³-hybridized carbons (Fsp3) is 0.125. The Bertz CT molecular complexity index is 1250. The second kappa shape index (κ2) is 9.22. The normalized spacial score (nSPS) is 10.5. The van der Waals surface area contributed by atoms with Crippen LogP contribution in [-0.4, -0.2) is 37.4 Å². The standard InChI is InChI=1S/C24H21N3O5/c1-29-19-11-7-5-9-17(19)23(28)25-18-10-6-4-8-16(18)24-26-22(27-32-24)15-12-13-20(30-2)21(14-15)31-3/h4-14H,1-3H3,(H,25,28). The lowest BCUT2D eigenvalue weighted by molar-refractivity contribution is 0.102. The molecule has 0 aliphatic heterocycles. The SMILES string of the molecule is COc1ccc(-c2noc(-c3ccccc3NC(=O)c3ccccc3OC)n2)cc1OC. The molecule has 1 N–H and O–H groups in total. The minimum atomic E-state index is -0.311. The first kappa shape index (κ1) is 20.9. The molecule has 3 aromatic carbocycles. The van der Waals surface area contributed by atoms with Crippen LogP contribution in [0.3, 0.4) is 0 Å². The van der Waals surface area contributed by atoms with Crippen molar-refractivity contribution < 1.29 is 23.5 Å². The number of ether oxygens (including phenoxy) is 3. The average Bonchev–Trinajstić information content (AvgIpc) is 3.34. The fourth-order valence-electron chi connectivity index (χ4n) is 3.23. The fourth-order valence-corrected chi connectivity index (χ4v) is 3.23. The zero-order valence-electron chi connectivity index (χ0n) is 17.8. The number of carbonyl (C=O) groups is 1. The van der Waals surface area contributed by atoms with Crippen LogP contribution >= 0.6 is 0 Å². The Labute approximate surface area is 184 Å². The summed E-state index contributed by atoms with van der Waals surface area (Å²) in [5, 5.41) is 6.98. The first-order valence-electron chi connectivity index (χ1n) is 9.74. The molecular weight excluding hydrogens is 410 g/mol. The van der Waals surface area contributed by atoms with Crippen molar-refractivity contribution in [3.8, 4) is 40.1 Å². The molecule has 1 aromatic heterocycles. The summed E-state index contributed by atoms with van der Waals surface area (Å²) in [6.07, 6.45) is 0. The van der Waals surface area contributed by atoms with Crippen LogP contribution < -0.4 is 19.5 Å². The smallest absolute Gasteiger partial charge is 0.260 e. The Hall–Kier alpha value is -4.33. The first-order chi connectivity index (χ1) is 15.6. The molecule has 0 fully saturated rings. The van der Waals surface area contributed by atoms with Gasteiger partial charge in [0.15, 0.2) is 11.5 Å². The van der Waals surface area contributed by atoms with E-state index in [-0.39, 0.29) is 11.8 Å². The van der Waals surface area contributed by atoms with E-state index < -0.39 is 0 Å². The van der Waals surface area contributed by atoms with Crippen LogP contribution in [0.15, 0.2) is 71.3 Å². The van der Waals surface area contributed by atoms with Gasteiger partial charge in [-0.1, -0.05) is 29.4 Å². The number of hydrogen-bond donors (Lipinski definition) is 1. The van der Waals surface area contributed by atoms with Crippen molar-refractivity contribution in [1.82, 2.24) is 10.1 Å². The van der Waals surface area contributed by atoms with Gasteiger partial charge in [0.2, 0.25) is 5.82 Å². The Morgan fingerprint density at radius 3 is 2.34 bits per heavy atom. The predicted octanol–water partition coefficient (Wildman–Crippen LogP) is 4.68. The molecule has 1 heterocycles. The van der Waals surface area contributed by atoms with Crippen molar-refractivity contribution >= 4 is 11.6 Å². The third-order valence-corrected chi connectivity index (χ3v) is 4.83. The first-order valence-corrected chi connectivity index (χ1v) is 9.74. The lowest BCUT2D eigenvalue weighted by Gasteiger charge is -2.11. The van der Waals surface area contributed by atoms with Crippen molar-refractivity contribution in [1.29, 1.82) is 0 Å². The van der Waals surface area contributed by atoms with Crippen molar-refractivity contribution in [2.45, 2.75) is 0 Å². The number of amides is 1. The number of methoxy groups -OCH3 is 3. The summed E-state index contributed by atoms with van der Waals surface area (Å²) in [6.45, 7) is 0. The van der Waals surface area contributed by atoms with E-state index in [2.05, 4.69) is 15.5 Å². The van der Waals surface area contributed by atoms with E-state index in [1.165, 1.54) is 7.11 Å². The van der Waals surface area contributed by atoms with Crippen LogP contribution in [0, 0.1) is 0 Å². The Morgan fingerprint density at radius 2 is 1.56 bits per heavy atom. The van der Waals surface area contributed by atoms with E-state index in [9.17, 15) is 4.79 Å². The summed E-state index contributed by atoms with van der Waals surface area (Å²) in [6, 6.07) is 19.6. The summed E-state index contributed by atoms with van der Waals surface area (Å²) in [5.74, 6) is 1.98. The quantitative estimate of drug-likeness (QED) is 0.454. The predicted molar refractivity (Wildman–Crippen MR) is 119 cm³/mol. The summed E-state index contributed by atoms with van der Waals surface area (Å²) in [7, 11) is 4.65. The van der Waals surface area contributed by atoms with Gasteiger partial charge in [0, 0.05) is 5.56 Å². The van der Waals surface area contributed by atoms with Crippen LogP contribution in [0.2, 0.25) is 0 Å². The zero-order chi connectivity index (χ0) is 22.5. The van der Waals surface area contributed by atoms with Gasteiger partial charge in [0.1, 0.15) is 5.75 Å². The number of aromatic nitrogens is 2. The lowest BCUT2D eigenvalue weighted by atomic mass is 10.1. The summed E-state index contributed by atoms with van der Waals surface area (Å²) >= 11 is 0. The van der Waals surface area contributed by atoms with E-state index in [1.807, 2.05) is 18.2 Å². The molecular formula is C24H21N3O5. The molecule has 4 aromatic rings. The van der Waals surface area contributed by atoms with Crippen LogP contribution in [0.1, 0.15) is 10.4 Å². The van der Waals surface area contributed by atoms with E-state index >= 15 is 0 Å². The molecule has 0 bridgehead atoms. The number of nitrogens with one attached hydrogen (secondary N) is 1. The molecule has 0 aliphatic rings. The number of anilines is 1. The van der Waals surface area contributed by atoms with Gasteiger partial charge in [-0.15, -0.1) is 0 Å². The lowest BCUT2D eigenvalue weighted by Crippen LogP contribution is -2.13. The van der Waals surface area contributed by atoms with E-state index in [1.54, 1.807) is 62.8 Å². The minimum absolute atomic E-state index is 0.269. The van der Waals surface area contributed by atoms with Gasteiger partial charge in [-0.2, -0.15) is 4.98 Å². The van der Waals surface area contributed by atoms with E-state index in [4.69, 9.17) is 18.7 Å². The Morgan fingerprint density at radius 1 is 0.844 bits per heavy atom. The summed E-state index contributed by atoms with van der Waals surface area (Å²) in [4.78, 5) is 17.4. The van der Waals surface area contributed by atoms with Crippen LogP contribution in [0.4, 0.5) is 5.69 Å².